The van der Waals surface area contributed by atoms with Crippen molar-refractivity contribution < 1.29 is 4.79 Å². The van der Waals surface area contributed by atoms with E-state index in [1.54, 1.807) is 0 Å². The summed E-state index contributed by atoms with van der Waals surface area (Å²) in [4.78, 5) is 14.3. The average Bonchev–Trinajstić information content (AvgIpc) is 2.69. The van der Waals surface area contributed by atoms with Crippen LogP contribution < -0.4 is 0 Å². The first kappa shape index (κ1) is 11.3. The Morgan fingerprint density at radius 3 is 2.20 bits per heavy atom. The third-order valence-electron chi connectivity index (χ3n) is 3.84. The van der Waals surface area contributed by atoms with Crippen LogP contribution in [0.15, 0.2) is 0 Å². The smallest absolute Gasteiger partial charge is 0.225 e. The highest BCUT2D eigenvalue weighted by atomic mass is 32.3. The number of nitrogens with zero attached hydrogens (tertiary/aromatic N) is 1. The van der Waals surface area contributed by atoms with Gasteiger partial charge in [0.05, 0.1) is 0 Å². The van der Waals surface area contributed by atoms with E-state index in [-0.39, 0.29) is 10.0 Å². The highest BCUT2D eigenvalue weighted by Crippen LogP contribution is 2.42. The van der Waals surface area contributed by atoms with Crippen molar-refractivity contribution in [1.29, 1.82) is 0 Å². The van der Waals surface area contributed by atoms with Gasteiger partial charge in [-0.15, -0.1) is 0 Å². The van der Waals surface area contributed by atoms with Crippen LogP contribution in [0.2, 0.25) is 0 Å². The maximum Gasteiger partial charge on any atom is 0.225 e. The van der Waals surface area contributed by atoms with E-state index in [0.29, 0.717) is 11.8 Å². The molecule has 1 saturated carbocycles. The van der Waals surface area contributed by atoms with Crippen LogP contribution in [0.25, 0.3) is 0 Å². The highest BCUT2D eigenvalue weighted by Gasteiger charge is 2.30. The fraction of sp³-hybridized carbons (Fsp3) is 0.917. The summed E-state index contributed by atoms with van der Waals surface area (Å²) in [6, 6.07) is 0. The van der Waals surface area contributed by atoms with Crippen molar-refractivity contribution in [2.24, 2.45) is 5.92 Å². The van der Waals surface area contributed by atoms with E-state index >= 15 is 0 Å². The van der Waals surface area contributed by atoms with Crippen molar-refractivity contribution in [3.05, 3.63) is 0 Å². The number of carbonyl (C=O) groups excluding carboxylic acids is 1. The molecular formula is C12H23NOS. The molecule has 0 radical (unpaired) electrons. The van der Waals surface area contributed by atoms with Gasteiger partial charge in [0, 0.05) is 19.0 Å². The van der Waals surface area contributed by atoms with Crippen LogP contribution in [0.5, 0.6) is 0 Å². The number of amides is 1. The minimum absolute atomic E-state index is 0.367. The van der Waals surface area contributed by atoms with Gasteiger partial charge in [0.15, 0.2) is 0 Å². The van der Waals surface area contributed by atoms with E-state index in [2.05, 4.69) is 17.4 Å². The van der Waals surface area contributed by atoms with Crippen LogP contribution in [-0.2, 0) is 4.79 Å². The molecule has 88 valence electrons. The minimum atomic E-state index is -0.367. The van der Waals surface area contributed by atoms with Gasteiger partial charge in [0.2, 0.25) is 5.91 Å². The van der Waals surface area contributed by atoms with Gasteiger partial charge in [0.25, 0.3) is 0 Å². The van der Waals surface area contributed by atoms with Gasteiger partial charge in [-0.3, -0.25) is 4.79 Å². The topological polar surface area (TPSA) is 20.3 Å². The van der Waals surface area contributed by atoms with Crippen LogP contribution in [0.3, 0.4) is 0 Å². The number of carbonyl (C=O) groups is 1. The molecule has 2 fully saturated rings. The summed E-state index contributed by atoms with van der Waals surface area (Å²) in [5.41, 5.74) is 0. The first-order valence-corrected chi connectivity index (χ1v) is 8.85. The van der Waals surface area contributed by atoms with Crippen LogP contribution in [0.1, 0.15) is 25.7 Å². The van der Waals surface area contributed by atoms with Gasteiger partial charge < -0.3 is 4.90 Å². The Hall–Kier alpha value is -0.180. The maximum atomic E-state index is 12.1. The molecule has 1 saturated heterocycles. The largest absolute Gasteiger partial charge is 0.341 e. The molecule has 1 amide bonds. The van der Waals surface area contributed by atoms with Gasteiger partial charge in [-0.25, -0.2) is 10.0 Å². The third-order valence-corrected chi connectivity index (χ3v) is 6.42. The van der Waals surface area contributed by atoms with Crippen LogP contribution in [0, 0.1) is 5.92 Å². The highest BCUT2D eigenvalue weighted by molar-refractivity contribution is 8.32. The molecule has 2 rings (SSSR count). The molecule has 1 heterocycles. The van der Waals surface area contributed by atoms with E-state index in [1.165, 1.54) is 24.3 Å². The monoisotopic (exact) mass is 229 g/mol. The summed E-state index contributed by atoms with van der Waals surface area (Å²) < 4.78 is 0. The van der Waals surface area contributed by atoms with E-state index in [1.807, 2.05) is 0 Å². The molecule has 3 heteroatoms. The lowest BCUT2D eigenvalue weighted by Crippen LogP contribution is -2.44. The molecule has 0 aromatic rings. The molecule has 2 nitrogen and oxygen atoms in total. The second kappa shape index (κ2) is 4.36. The molecular weight excluding hydrogens is 206 g/mol. The predicted octanol–water partition coefficient (Wildman–Crippen LogP) is 2.08. The quantitative estimate of drug-likeness (QED) is 0.674. The maximum absolute atomic E-state index is 12.1. The Morgan fingerprint density at radius 2 is 1.67 bits per heavy atom. The average molecular weight is 229 g/mol. The molecule has 2 aliphatic rings. The molecule has 0 bridgehead atoms. The Morgan fingerprint density at radius 1 is 1.13 bits per heavy atom. The normalized spacial score (nSPS) is 29.1. The molecule has 1 aliphatic heterocycles. The molecule has 1 aliphatic carbocycles. The van der Waals surface area contributed by atoms with Crippen LogP contribution in [0.4, 0.5) is 0 Å². The van der Waals surface area contributed by atoms with Crippen molar-refractivity contribution in [2.45, 2.75) is 25.7 Å². The van der Waals surface area contributed by atoms with Gasteiger partial charge >= 0.3 is 0 Å². The van der Waals surface area contributed by atoms with E-state index < -0.39 is 0 Å². The lowest BCUT2D eigenvalue weighted by Gasteiger charge is -2.41. The summed E-state index contributed by atoms with van der Waals surface area (Å²) in [6.45, 7) is 2.05. The molecule has 0 aromatic heterocycles. The van der Waals surface area contributed by atoms with Crippen molar-refractivity contribution in [3.8, 4) is 0 Å². The molecule has 15 heavy (non-hydrogen) atoms. The van der Waals surface area contributed by atoms with E-state index in [4.69, 9.17) is 0 Å². The first-order chi connectivity index (χ1) is 7.08. The van der Waals surface area contributed by atoms with Gasteiger partial charge in [-0.2, -0.15) is 0 Å². The van der Waals surface area contributed by atoms with Crippen LogP contribution in [-0.4, -0.2) is 47.9 Å². The third kappa shape index (κ3) is 2.68. The molecule has 0 spiro atoms. The summed E-state index contributed by atoms with van der Waals surface area (Å²) in [5.74, 6) is 3.35. The standard InChI is InChI=1S/C12H23NOS/c1-15(2)9-7-13(8-10-15)12(14)11-5-3-4-6-11/h11H,3-10H2,1-2H3. The zero-order chi connectivity index (χ0) is 10.9. The second-order valence-electron chi connectivity index (χ2n) is 5.48. The molecule has 0 N–H and O–H groups in total. The Balaban J connectivity index is 1.87. The summed E-state index contributed by atoms with van der Waals surface area (Å²) in [6.07, 6.45) is 9.61. The Kier molecular flexibility index (Phi) is 3.29. The summed E-state index contributed by atoms with van der Waals surface area (Å²) in [7, 11) is -0.367. The zero-order valence-electron chi connectivity index (χ0n) is 10.00. The molecule has 0 aromatic carbocycles. The molecule has 0 unspecified atom stereocenters. The van der Waals surface area contributed by atoms with E-state index in [9.17, 15) is 4.79 Å². The summed E-state index contributed by atoms with van der Waals surface area (Å²) >= 11 is 0. The fourth-order valence-corrected chi connectivity index (χ4v) is 4.21. The Labute approximate surface area is 94.7 Å². The fourth-order valence-electron chi connectivity index (χ4n) is 2.58. The number of rotatable bonds is 1. The zero-order valence-corrected chi connectivity index (χ0v) is 10.8. The van der Waals surface area contributed by atoms with Crippen molar-refractivity contribution in [2.75, 3.05) is 37.1 Å². The van der Waals surface area contributed by atoms with Gasteiger partial charge in [0.1, 0.15) is 0 Å². The first-order valence-electron chi connectivity index (χ1n) is 6.06. The number of hydrogen-bond donors (Lipinski definition) is 0. The van der Waals surface area contributed by atoms with Crippen molar-refractivity contribution >= 4 is 15.9 Å². The second-order valence-corrected chi connectivity index (χ2v) is 9.83. The van der Waals surface area contributed by atoms with Gasteiger partial charge in [-0.05, 0) is 36.9 Å². The van der Waals surface area contributed by atoms with Gasteiger partial charge in [-0.1, -0.05) is 12.8 Å². The van der Waals surface area contributed by atoms with Crippen LogP contribution >= 0.6 is 10.0 Å². The van der Waals surface area contributed by atoms with E-state index in [0.717, 1.165) is 25.9 Å². The Bertz CT molecular complexity index is 236. The molecule has 0 atom stereocenters. The summed E-state index contributed by atoms with van der Waals surface area (Å²) in [5, 5.41) is 0. The lowest BCUT2D eigenvalue weighted by molar-refractivity contribution is -0.134. The van der Waals surface area contributed by atoms with Crippen molar-refractivity contribution in [3.63, 3.8) is 0 Å². The number of hydrogen-bond acceptors (Lipinski definition) is 1. The van der Waals surface area contributed by atoms with Crippen molar-refractivity contribution in [1.82, 2.24) is 4.90 Å². The lowest BCUT2D eigenvalue weighted by atomic mass is 10.1. The SMILES string of the molecule is CS1(C)CCN(C(=O)C2CCCC2)CC1. The predicted molar refractivity (Wildman–Crippen MR) is 67.7 cm³/mol. The minimum Gasteiger partial charge on any atom is -0.341 e.